The van der Waals surface area contributed by atoms with Crippen LogP contribution in [0.4, 0.5) is 5.82 Å². The number of methoxy groups -OCH3 is 1. The molecule has 3 aromatic rings. The number of anilines is 1. The number of nitrogens with zero attached hydrogens (tertiary/aromatic N) is 7. The molecule has 29 heavy (non-hydrogen) atoms. The fraction of sp³-hybridized carbons (Fsp3) is 0.316. The van der Waals surface area contributed by atoms with Crippen molar-refractivity contribution in [3.8, 4) is 17.3 Å². The number of carbonyl (C=O) groups excluding carboxylic acids is 1. The maximum atomic E-state index is 12.5. The van der Waals surface area contributed by atoms with Crippen LogP contribution in [0.1, 0.15) is 0 Å². The smallest absolute Gasteiger partial charge is 0.260 e. The molecule has 4 rings (SSSR count). The fourth-order valence-electron chi connectivity index (χ4n) is 3.05. The highest BCUT2D eigenvalue weighted by atomic mass is 16.5. The summed E-state index contributed by atoms with van der Waals surface area (Å²) in [5.41, 5.74) is 0. The summed E-state index contributed by atoms with van der Waals surface area (Å²) in [6.07, 6.45) is 3.02. The van der Waals surface area contributed by atoms with Crippen molar-refractivity contribution in [3.05, 3.63) is 49.1 Å². The van der Waals surface area contributed by atoms with Crippen LogP contribution in [-0.4, -0.2) is 75.7 Å². The minimum Gasteiger partial charge on any atom is -0.497 e. The zero-order chi connectivity index (χ0) is 20.1. The Morgan fingerprint density at radius 3 is 2.48 bits per heavy atom. The highest BCUT2D eigenvalue weighted by Crippen LogP contribution is 2.19. The molecule has 3 heterocycles. The van der Waals surface area contributed by atoms with Crippen LogP contribution in [0.2, 0.25) is 0 Å². The Morgan fingerprint density at radius 2 is 1.79 bits per heavy atom. The van der Waals surface area contributed by atoms with Gasteiger partial charge >= 0.3 is 0 Å². The topological polar surface area (TPSA) is 98.5 Å². The van der Waals surface area contributed by atoms with Crippen molar-refractivity contribution in [3.63, 3.8) is 0 Å². The maximum absolute atomic E-state index is 12.5. The number of benzene rings is 1. The van der Waals surface area contributed by atoms with E-state index in [9.17, 15) is 4.79 Å². The van der Waals surface area contributed by atoms with Crippen LogP contribution in [0.15, 0.2) is 49.1 Å². The monoisotopic (exact) mass is 395 g/mol. The van der Waals surface area contributed by atoms with Gasteiger partial charge in [-0.25, -0.2) is 9.67 Å². The van der Waals surface area contributed by atoms with E-state index in [2.05, 4.69) is 25.2 Å². The summed E-state index contributed by atoms with van der Waals surface area (Å²) in [6.45, 7) is 2.57. The minimum atomic E-state index is -0.0416. The molecular formula is C19H21N7O3. The molecule has 1 saturated heterocycles. The largest absolute Gasteiger partial charge is 0.497 e. The van der Waals surface area contributed by atoms with Crippen molar-refractivity contribution in [2.45, 2.75) is 0 Å². The van der Waals surface area contributed by atoms with E-state index in [1.807, 2.05) is 24.3 Å². The number of ether oxygens (including phenoxy) is 2. The van der Waals surface area contributed by atoms with Crippen molar-refractivity contribution in [2.24, 2.45) is 0 Å². The van der Waals surface area contributed by atoms with Gasteiger partial charge in [-0.1, -0.05) is 6.07 Å². The Morgan fingerprint density at radius 1 is 1.03 bits per heavy atom. The first kappa shape index (κ1) is 18.7. The lowest BCUT2D eigenvalue weighted by Crippen LogP contribution is -2.50. The van der Waals surface area contributed by atoms with Crippen LogP contribution in [0.3, 0.4) is 0 Å². The third-order valence-electron chi connectivity index (χ3n) is 4.65. The van der Waals surface area contributed by atoms with E-state index < -0.39 is 0 Å². The summed E-state index contributed by atoms with van der Waals surface area (Å²) in [6, 6.07) is 11.0. The van der Waals surface area contributed by atoms with Gasteiger partial charge < -0.3 is 19.3 Å². The molecule has 1 amide bonds. The average Bonchev–Trinajstić information content (AvgIpc) is 3.33. The van der Waals surface area contributed by atoms with Crippen molar-refractivity contribution in [2.75, 3.05) is 44.8 Å². The van der Waals surface area contributed by atoms with Crippen LogP contribution in [-0.2, 0) is 4.79 Å². The van der Waals surface area contributed by atoms with Gasteiger partial charge in [-0.3, -0.25) is 4.79 Å². The normalized spacial score (nSPS) is 14.0. The molecule has 0 bridgehead atoms. The van der Waals surface area contributed by atoms with Gasteiger partial charge in [0.25, 0.3) is 5.91 Å². The zero-order valence-corrected chi connectivity index (χ0v) is 16.0. The molecule has 0 radical (unpaired) electrons. The van der Waals surface area contributed by atoms with Gasteiger partial charge in [0.1, 0.15) is 24.2 Å². The predicted molar refractivity (Wildman–Crippen MR) is 104 cm³/mol. The summed E-state index contributed by atoms with van der Waals surface area (Å²) in [7, 11) is 1.59. The van der Waals surface area contributed by atoms with Crippen LogP contribution >= 0.6 is 0 Å². The number of amides is 1. The molecule has 1 aromatic carbocycles. The second kappa shape index (κ2) is 8.55. The highest BCUT2D eigenvalue weighted by molar-refractivity contribution is 5.78. The standard InChI is InChI=1S/C19H21N7O3/c1-28-15-3-2-4-16(11-15)29-12-19(27)25-9-7-24(8-10-25)17-5-6-18(23-22-17)26-14-20-13-21-26/h2-6,11,13-14H,7-10,12H2,1H3. The van der Waals surface area contributed by atoms with Crippen molar-refractivity contribution >= 4 is 11.7 Å². The molecular weight excluding hydrogens is 374 g/mol. The van der Waals surface area contributed by atoms with Gasteiger partial charge in [0.05, 0.1) is 7.11 Å². The molecule has 2 aromatic heterocycles. The van der Waals surface area contributed by atoms with Gasteiger partial charge in [-0.05, 0) is 24.3 Å². The molecule has 0 aliphatic carbocycles. The molecule has 0 N–H and O–H groups in total. The fourth-order valence-corrected chi connectivity index (χ4v) is 3.05. The van der Waals surface area contributed by atoms with Crippen molar-refractivity contribution < 1.29 is 14.3 Å². The summed E-state index contributed by atoms with van der Waals surface area (Å²) in [4.78, 5) is 20.3. The van der Waals surface area contributed by atoms with Crippen molar-refractivity contribution in [1.82, 2.24) is 29.9 Å². The molecule has 150 valence electrons. The molecule has 1 aliphatic heterocycles. The molecule has 0 saturated carbocycles. The summed E-state index contributed by atoms with van der Waals surface area (Å²) in [5, 5.41) is 12.5. The zero-order valence-electron chi connectivity index (χ0n) is 16.0. The third kappa shape index (κ3) is 4.42. The molecule has 0 unspecified atom stereocenters. The first-order valence-corrected chi connectivity index (χ1v) is 9.21. The van der Waals surface area contributed by atoms with Crippen molar-refractivity contribution in [1.29, 1.82) is 0 Å². The molecule has 1 aliphatic rings. The van der Waals surface area contributed by atoms with Gasteiger partial charge in [-0.2, -0.15) is 5.10 Å². The van der Waals surface area contributed by atoms with E-state index in [4.69, 9.17) is 9.47 Å². The van der Waals surface area contributed by atoms with E-state index in [0.717, 1.165) is 5.82 Å². The Labute approximate surface area is 167 Å². The summed E-state index contributed by atoms with van der Waals surface area (Å²) in [5.74, 6) is 2.64. The highest BCUT2D eigenvalue weighted by Gasteiger charge is 2.22. The van der Waals surface area contributed by atoms with E-state index in [1.165, 1.54) is 6.33 Å². The van der Waals surface area contributed by atoms with E-state index >= 15 is 0 Å². The second-order valence-electron chi connectivity index (χ2n) is 6.43. The maximum Gasteiger partial charge on any atom is 0.260 e. The first-order chi connectivity index (χ1) is 14.2. The number of piperazine rings is 1. The quantitative estimate of drug-likeness (QED) is 0.604. The van der Waals surface area contributed by atoms with Gasteiger partial charge in [0.2, 0.25) is 0 Å². The molecule has 0 atom stereocenters. The molecule has 0 spiro atoms. The van der Waals surface area contributed by atoms with Gasteiger partial charge in [0.15, 0.2) is 18.2 Å². The van der Waals surface area contributed by atoms with Crippen LogP contribution in [0, 0.1) is 0 Å². The number of rotatable bonds is 6. The third-order valence-corrected chi connectivity index (χ3v) is 4.65. The molecule has 10 heteroatoms. The average molecular weight is 395 g/mol. The van der Waals surface area contributed by atoms with Gasteiger partial charge in [-0.15, -0.1) is 10.2 Å². The molecule has 10 nitrogen and oxygen atoms in total. The lowest BCUT2D eigenvalue weighted by atomic mass is 10.3. The van der Waals surface area contributed by atoms with Gasteiger partial charge in [0, 0.05) is 32.2 Å². The Kier molecular flexibility index (Phi) is 5.50. The van der Waals surface area contributed by atoms with Crippen LogP contribution < -0.4 is 14.4 Å². The van der Waals surface area contributed by atoms with E-state index in [-0.39, 0.29) is 12.5 Å². The van der Waals surface area contributed by atoms with E-state index in [1.54, 1.807) is 35.2 Å². The predicted octanol–water partition coefficient (Wildman–Crippen LogP) is 0.793. The van der Waals surface area contributed by atoms with Crippen LogP contribution in [0.25, 0.3) is 5.82 Å². The first-order valence-electron chi connectivity index (χ1n) is 9.21. The number of carbonyl (C=O) groups is 1. The Hall–Kier alpha value is -3.69. The summed E-state index contributed by atoms with van der Waals surface area (Å²) < 4.78 is 12.3. The minimum absolute atomic E-state index is 0.000421. The Bertz CT molecular complexity index is 939. The SMILES string of the molecule is COc1cccc(OCC(=O)N2CCN(c3ccc(-n4cncn4)nn3)CC2)c1. The lowest BCUT2D eigenvalue weighted by molar-refractivity contribution is -0.133. The number of hydrogen-bond donors (Lipinski definition) is 0. The number of aromatic nitrogens is 5. The second-order valence-corrected chi connectivity index (χ2v) is 6.43. The summed E-state index contributed by atoms with van der Waals surface area (Å²) >= 11 is 0. The molecule has 1 fully saturated rings. The lowest BCUT2D eigenvalue weighted by Gasteiger charge is -2.35. The van der Waals surface area contributed by atoms with Crippen LogP contribution in [0.5, 0.6) is 11.5 Å². The Balaban J connectivity index is 1.28. The number of hydrogen-bond acceptors (Lipinski definition) is 8. The van der Waals surface area contributed by atoms with E-state index in [0.29, 0.717) is 43.5 Å².